The van der Waals surface area contributed by atoms with Gasteiger partial charge in [-0.25, -0.2) is 4.79 Å². The predicted octanol–water partition coefficient (Wildman–Crippen LogP) is 2.71. The van der Waals surface area contributed by atoms with E-state index in [0.717, 1.165) is 18.4 Å². The molecule has 2 N–H and O–H groups in total. The second-order valence-corrected chi connectivity index (χ2v) is 6.06. The molecule has 6 nitrogen and oxygen atoms in total. The Balaban J connectivity index is 2.25. The van der Waals surface area contributed by atoms with Crippen LogP contribution in [0, 0.1) is 0 Å². The van der Waals surface area contributed by atoms with Crippen LogP contribution >= 0.6 is 12.6 Å². The second kappa shape index (κ2) is 8.96. The molecule has 132 valence electrons. The van der Waals surface area contributed by atoms with Crippen molar-refractivity contribution in [3.63, 3.8) is 0 Å². The molecule has 0 saturated carbocycles. The Morgan fingerprint density at radius 3 is 2.71 bits per heavy atom. The van der Waals surface area contributed by atoms with Gasteiger partial charge in [0.25, 0.3) is 0 Å². The topological polar surface area (TPSA) is 74.0 Å². The number of urea groups is 1. The Morgan fingerprint density at radius 1 is 1.46 bits per heavy atom. The summed E-state index contributed by atoms with van der Waals surface area (Å²) < 4.78 is 17.1. The minimum Gasteiger partial charge on any atom is -0.496 e. The van der Waals surface area contributed by atoms with E-state index >= 15 is 0 Å². The number of rotatable bonds is 7. The number of benzene rings is 1. The monoisotopic (exact) mass is 352 g/mol. The van der Waals surface area contributed by atoms with Crippen LogP contribution in [-0.2, 0) is 9.47 Å². The lowest BCUT2D eigenvalue weighted by Gasteiger charge is -2.31. The number of hydrogen-bond acceptors (Lipinski definition) is 5. The predicted molar refractivity (Wildman–Crippen MR) is 95.1 cm³/mol. The fourth-order valence-electron chi connectivity index (χ4n) is 2.68. The number of amides is 2. The molecule has 1 aliphatic rings. The molecular weight excluding hydrogens is 328 g/mol. The molecular formula is C17H24N2O4S. The van der Waals surface area contributed by atoms with Crippen molar-refractivity contribution >= 4 is 18.7 Å². The molecule has 1 heterocycles. The molecule has 1 atom stereocenters. The van der Waals surface area contributed by atoms with Crippen LogP contribution < -0.4 is 10.5 Å². The minimum absolute atomic E-state index is 0.0524. The molecule has 0 aliphatic carbocycles. The zero-order chi connectivity index (χ0) is 17.5. The summed E-state index contributed by atoms with van der Waals surface area (Å²) >= 11 is 4.16. The lowest BCUT2D eigenvalue weighted by atomic mass is 10.1. The summed E-state index contributed by atoms with van der Waals surface area (Å²) in [7, 11) is 1.60. The average Bonchev–Trinajstić information content (AvgIpc) is 2.58. The highest BCUT2D eigenvalue weighted by Crippen LogP contribution is 2.31. The molecule has 2 amide bonds. The molecule has 1 saturated heterocycles. The number of primary amides is 1. The zero-order valence-corrected chi connectivity index (χ0v) is 14.7. The zero-order valence-electron chi connectivity index (χ0n) is 13.8. The van der Waals surface area contributed by atoms with Crippen molar-refractivity contribution in [1.29, 1.82) is 0 Å². The van der Waals surface area contributed by atoms with E-state index in [-0.39, 0.29) is 17.7 Å². The van der Waals surface area contributed by atoms with Crippen LogP contribution in [0.5, 0.6) is 5.75 Å². The number of para-hydroxylation sites is 1. The molecule has 0 aromatic heterocycles. The third-order valence-corrected chi connectivity index (χ3v) is 4.18. The summed E-state index contributed by atoms with van der Waals surface area (Å²) in [6.45, 7) is 5.25. The Morgan fingerprint density at radius 2 is 2.12 bits per heavy atom. The quantitative estimate of drug-likeness (QED) is 0.740. The molecule has 24 heavy (non-hydrogen) atoms. The summed E-state index contributed by atoms with van der Waals surface area (Å²) in [5, 5.41) is 0.276. The van der Waals surface area contributed by atoms with Gasteiger partial charge in [-0.15, -0.1) is 12.6 Å². The Kier molecular flexibility index (Phi) is 6.96. The molecule has 2 rings (SSSR count). The van der Waals surface area contributed by atoms with Crippen LogP contribution in [-0.4, -0.2) is 43.9 Å². The van der Waals surface area contributed by atoms with Crippen LogP contribution in [0.25, 0.3) is 0 Å². The van der Waals surface area contributed by atoms with Crippen LogP contribution in [0.4, 0.5) is 4.79 Å². The van der Waals surface area contributed by atoms with E-state index in [1.54, 1.807) is 7.11 Å². The van der Waals surface area contributed by atoms with Gasteiger partial charge in [0.1, 0.15) is 11.9 Å². The molecule has 1 aliphatic heterocycles. The van der Waals surface area contributed by atoms with E-state index in [1.807, 2.05) is 24.3 Å². The lowest BCUT2D eigenvalue weighted by molar-refractivity contribution is -0.0740. The van der Waals surface area contributed by atoms with Crippen LogP contribution in [0.15, 0.2) is 35.9 Å². The fraction of sp³-hybridized carbons (Fsp3) is 0.471. The van der Waals surface area contributed by atoms with Gasteiger partial charge in [0.05, 0.1) is 24.8 Å². The summed E-state index contributed by atoms with van der Waals surface area (Å²) in [6, 6.07) is 6.95. The van der Waals surface area contributed by atoms with Crippen molar-refractivity contribution in [2.75, 3.05) is 26.9 Å². The molecule has 1 aromatic carbocycles. The average molecular weight is 352 g/mol. The highest BCUT2D eigenvalue weighted by atomic mass is 32.1. The van der Waals surface area contributed by atoms with E-state index in [4.69, 9.17) is 19.9 Å². The first-order valence-electron chi connectivity index (χ1n) is 7.84. The molecule has 0 unspecified atom stereocenters. The molecule has 1 aromatic rings. The summed E-state index contributed by atoms with van der Waals surface area (Å²) in [4.78, 5) is 13.0. The maximum atomic E-state index is 11.7. The van der Waals surface area contributed by atoms with E-state index in [2.05, 4.69) is 19.2 Å². The third-order valence-electron chi connectivity index (χ3n) is 3.94. The molecule has 0 radical (unpaired) electrons. The van der Waals surface area contributed by atoms with Crippen molar-refractivity contribution in [2.24, 2.45) is 5.73 Å². The molecule has 0 spiro atoms. The van der Waals surface area contributed by atoms with Gasteiger partial charge < -0.3 is 19.9 Å². The maximum absolute atomic E-state index is 11.7. The number of nitrogens with zero attached hydrogens (tertiary/aromatic N) is 1. The van der Waals surface area contributed by atoms with Crippen molar-refractivity contribution in [3.05, 3.63) is 41.4 Å². The molecule has 0 bridgehead atoms. The number of nitrogens with two attached hydrogens (primary N) is 1. The number of thiol groups is 1. The molecule has 7 heteroatoms. The second-order valence-electron chi connectivity index (χ2n) is 5.54. The van der Waals surface area contributed by atoms with Crippen molar-refractivity contribution in [1.82, 2.24) is 4.90 Å². The number of ether oxygens (including phenoxy) is 3. The van der Waals surface area contributed by atoms with Gasteiger partial charge in [0.2, 0.25) is 0 Å². The number of methoxy groups -OCH3 is 1. The van der Waals surface area contributed by atoms with Crippen LogP contribution in [0.1, 0.15) is 24.5 Å². The first kappa shape index (κ1) is 18.6. The number of carbonyl (C=O) groups is 1. The Hall–Kier alpha value is -1.70. The third kappa shape index (κ3) is 4.90. The first-order valence-corrected chi connectivity index (χ1v) is 8.28. The standard InChI is InChI=1S/C17H24N2O4S/c1-12(24)19(17(18)20)11-16(23-13-7-9-22-10-8-13)14-5-3-4-6-15(14)21-2/h3-6,13,16,24H,1,7-11H2,2H3,(H2,18,20)/t16-/m0/s1. The van der Waals surface area contributed by atoms with E-state index in [1.165, 1.54) is 4.90 Å². The highest BCUT2D eigenvalue weighted by Gasteiger charge is 2.27. The summed E-state index contributed by atoms with van der Waals surface area (Å²) in [5.74, 6) is 0.698. The number of carbonyl (C=O) groups excluding carboxylic acids is 1. The van der Waals surface area contributed by atoms with Gasteiger partial charge in [0.15, 0.2) is 0 Å². The SMILES string of the molecule is C=C(S)N(C[C@H](OC1CCOCC1)c1ccccc1OC)C(N)=O. The van der Waals surface area contributed by atoms with Crippen LogP contribution in [0.2, 0.25) is 0 Å². The highest BCUT2D eigenvalue weighted by molar-refractivity contribution is 7.84. The lowest BCUT2D eigenvalue weighted by Crippen LogP contribution is -2.38. The maximum Gasteiger partial charge on any atom is 0.319 e. The van der Waals surface area contributed by atoms with Crippen molar-refractivity contribution in [3.8, 4) is 5.75 Å². The van der Waals surface area contributed by atoms with E-state index in [9.17, 15) is 4.79 Å². The van der Waals surface area contributed by atoms with Gasteiger partial charge in [-0.3, -0.25) is 4.90 Å². The number of hydrogen-bond donors (Lipinski definition) is 2. The summed E-state index contributed by atoms with van der Waals surface area (Å²) in [5.41, 5.74) is 6.29. The van der Waals surface area contributed by atoms with Gasteiger partial charge in [0, 0.05) is 18.8 Å². The van der Waals surface area contributed by atoms with Crippen molar-refractivity contribution < 1.29 is 19.0 Å². The Labute approximate surface area is 148 Å². The van der Waals surface area contributed by atoms with E-state index < -0.39 is 12.1 Å². The summed E-state index contributed by atoms with van der Waals surface area (Å²) in [6.07, 6.45) is 1.27. The van der Waals surface area contributed by atoms with Gasteiger partial charge in [-0.05, 0) is 18.9 Å². The van der Waals surface area contributed by atoms with Crippen molar-refractivity contribution in [2.45, 2.75) is 25.0 Å². The first-order chi connectivity index (χ1) is 11.5. The van der Waals surface area contributed by atoms with E-state index in [0.29, 0.717) is 19.0 Å². The smallest absolute Gasteiger partial charge is 0.319 e. The largest absolute Gasteiger partial charge is 0.496 e. The van der Waals surface area contributed by atoms with Crippen LogP contribution in [0.3, 0.4) is 0 Å². The molecule has 1 fully saturated rings. The van der Waals surface area contributed by atoms with Gasteiger partial charge in [-0.2, -0.15) is 0 Å². The van der Waals surface area contributed by atoms with Gasteiger partial charge in [-0.1, -0.05) is 24.8 Å². The fourth-order valence-corrected chi connectivity index (χ4v) is 2.86. The Bertz CT molecular complexity index is 561. The van der Waals surface area contributed by atoms with Gasteiger partial charge >= 0.3 is 6.03 Å². The minimum atomic E-state index is -0.620. The normalized spacial score (nSPS) is 16.4.